The van der Waals surface area contributed by atoms with Gasteiger partial charge >= 0.3 is 5.97 Å². The Kier molecular flexibility index (Phi) is 4.85. The molecular weight excluding hydrogens is 348 g/mol. The lowest BCUT2D eigenvalue weighted by atomic mass is 9.98. The van der Waals surface area contributed by atoms with E-state index in [2.05, 4.69) is 6.07 Å². The Morgan fingerprint density at radius 1 is 1.15 bits per heavy atom. The molecule has 26 heavy (non-hydrogen) atoms. The highest BCUT2D eigenvalue weighted by Gasteiger charge is 2.21. The van der Waals surface area contributed by atoms with Gasteiger partial charge in [-0.2, -0.15) is 5.26 Å². The normalized spacial score (nSPS) is 11.8. The van der Waals surface area contributed by atoms with Crippen LogP contribution in [0.3, 0.4) is 0 Å². The predicted molar refractivity (Wildman–Crippen MR) is 100 cm³/mol. The Labute approximate surface area is 154 Å². The lowest BCUT2D eigenvalue weighted by molar-refractivity contribution is 0.0687. The Morgan fingerprint density at radius 2 is 1.77 bits per heavy atom. The predicted octanol–water partition coefficient (Wildman–Crippen LogP) is 3.67. The molecule has 3 rings (SSSR count). The van der Waals surface area contributed by atoms with Crippen LogP contribution >= 0.6 is 0 Å². The second-order valence-corrected chi connectivity index (χ2v) is 7.17. The van der Waals surface area contributed by atoms with Crippen molar-refractivity contribution in [3.05, 3.63) is 66.0 Å². The molecule has 5 nitrogen and oxygen atoms in total. The van der Waals surface area contributed by atoms with Gasteiger partial charge in [0.15, 0.2) is 4.90 Å². The number of aromatic nitrogens is 1. The maximum atomic E-state index is 11.9. The highest BCUT2D eigenvalue weighted by molar-refractivity contribution is 7.90. The number of aromatic carboxylic acids is 1. The summed E-state index contributed by atoms with van der Waals surface area (Å²) >= 11 is -1.12. The van der Waals surface area contributed by atoms with Gasteiger partial charge in [0.05, 0.1) is 5.56 Å². The first-order valence-electron chi connectivity index (χ1n) is 7.80. The van der Waals surface area contributed by atoms with Crippen molar-refractivity contribution in [2.75, 3.05) is 6.26 Å². The molecule has 0 saturated carbocycles. The third-order valence-corrected chi connectivity index (χ3v) is 5.16. The van der Waals surface area contributed by atoms with E-state index in [4.69, 9.17) is 0 Å². The molecule has 0 aliphatic rings. The minimum Gasteiger partial charge on any atom is -0.612 e. The number of carbonyl (C=O) groups is 1. The summed E-state index contributed by atoms with van der Waals surface area (Å²) in [5.41, 5.74) is 3.19. The Morgan fingerprint density at radius 3 is 2.35 bits per heavy atom. The van der Waals surface area contributed by atoms with Crippen molar-refractivity contribution in [3.63, 3.8) is 0 Å². The van der Waals surface area contributed by atoms with Gasteiger partial charge in [-0.15, -0.1) is 0 Å². The second kappa shape index (κ2) is 7.08. The van der Waals surface area contributed by atoms with E-state index < -0.39 is 17.1 Å². The van der Waals surface area contributed by atoms with E-state index in [0.717, 1.165) is 16.0 Å². The van der Waals surface area contributed by atoms with E-state index in [-0.39, 0.29) is 5.69 Å². The van der Waals surface area contributed by atoms with E-state index >= 15 is 0 Å². The number of aryl methyl sites for hydroxylation is 1. The molecule has 1 atom stereocenters. The quantitative estimate of drug-likeness (QED) is 0.715. The minimum absolute atomic E-state index is 0.0735. The zero-order valence-electron chi connectivity index (χ0n) is 14.3. The summed E-state index contributed by atoms with van der Waals surface area (Å²) in [7, 11) is 1.61. The number of nitriles is 1. The number of carboxylic acids is 1. The molecule has 0 aliphatic heterocycles. The summed E-state index contributed by atoms with van der Waals surface area (Å²) in [4.78, 5) is 12.3. The van der Waals surface area contributed by atoms with Crippen LogP contribution in [0.2, 0.25) is 0 Å². The average molecular weight is 364 g/mol. The number of nitrogens with zero attached hydrogens (tertiary/aromatic N) is 2. The number of benzene rings is 2. The number of hydrogen-bond donors (Lipinski definition) is 1. The number of hydrogen-bond acceptors (Lipinski definition) is 3. The van der Waals surface area contributed by atoms with Gasteiger partial charge in [-0.25, -0.2) is 4.79 Å². The van der Waals surface area contributed by atoms with Crippen molar-refractivity contribution in [3.8, 4) is 28.3 Å². The maximum Gasteiger partial charge on any atom is 0.353 e. The van der Waals surface area contributed by atoms with Crippen LogP contribution in [0, 0.1) is 11.3 Å². The molecule has 130 valence electrons. The molecule has 1 aromatic heterocycles. The molecule has 3 aromatic rings. The van der Waals surface area contributed by atoms with E-state index in [1.807, 2.05) is 36.4 Å². The summed E-state index contributed by atoms with van der Waals surface area (Å²) in [5.74, 6) is -1.08. The molecule has 1 heterocycles. The van der Waals surface area contributed by atoms with Crippen molar-refractivity contribution in [2.24, 2.45) is 7.05 Å². The number of rotatable bonds is 4. The zero-order chi connectivity index (χ0) is 18.8. The van der Waals surface area contributed by atoms with Gasteiger partial charge in [-0.1, -0.05) is 36.4 Å². The topological polar surface area (TPSA) is 89.1 Å². The second-order valence-electron chi connectivity index (χ2n) is 5.82. The summed E-state index contributed by atoms with van der Waals surface area (Å²) in [6.45, 7) is 0. The van der Waals surface area contributed by atoms with Crippen LogP contribution in [-0.2, 0) is 18.2 Å². The van der Waals surface area contributed by atoms with Crippen LogP contribution in [0.15, 0.2) is 59.6 Å². The van der Waals surface area contributed by atoms with Gasteiger partial charge in [0.1, 0.15) is 18.0 Å². The Hall–Kier alpha value is -3.01. The van der Waals surface area contributed by atoms with Gasteiger partial charge in [-0.05, 0) is 34.4 Å². The van der Waals surface area contributed by atoms with Crippen LogP contribution < -0.4 is 0 Å². The molecule has 0 amide bonds. The fourth-order valence-corrected chi connectivity index (χ4v) is 3.80. The number of carboxylic acid groups (broad SMARTS) is 1. The van der Waals surface area contributed by atoms with Gasteiger partial charge in [-0.3, -0.25) is 0 Å². The Bertz CT molecular complexity index is 1010. The molecule has 0 radical (unpaired) electrons. The largest absolute Gasteiger partial charge is 0.612 e. The zero-order valence-corrected chi connectivity index (χ0v) is 15.1. The van der Waals surface area contributed by atoms with Crippen LogP contribution in [0.5, 0.6) is 0 Å². The fraction of sp³-hybridized carbons (Fsp3) is 0.100. The molecule has 1 N–H and O–H groups in total. The van der Waals surface area contributed by atoms with Crippen molar-refractivity contribution in [1.29, 1.82) is 5.26 Å². The molecule has 2 aromatic carbocycles. The maximum absolute atomic E-state index is 11.9. The molecular formula is C20H16N2O3S. The van der Waals surface area contributed by atoms with Crippen molar-refractivity contribution < 1.29 is 14.5 Å². The highest BCUT2D eigenvalue weighted by Crippen LogP contribution is 2.32. The van der Waals surface area contributed by atoms with Crippen LogP contribution in [0.4, 0.5) is 0 Å². The lowest BCUT2D eigenvalue weighted by Crippen LogP contribution is -2.05. The van der Waals surface area contributed by atoms with Crippen LogP contribution in [0.1, 0.15) is 16.1 Å². The first kappa shape index (κ1) is 17.8. The molecule has 0 aliphatic carbocycles. The van der Waals surface area contributed by atoms with E-state index in [9.17, 15) is 19.7 Å². The van der Waals surface area contributed by atoms with Crippen molar-refractivity contribution >= 4 is 17.1 Å². The van der Waals surface area contributed by atoms with E-state index in [0.29, 0.717) is 16.7 Å². The molecule has 0 spiro atoms. The third-order valence-electron chi connectivity index (χ3n) is 4.19. The van der Waals surface area contributed by atoms with Crippen molar-refractivity contribution in [2.45, 2.75) is 4.90 Å². The van der Waals surface area contributed by atoms with Crippen LogP contribution in [0.25, 0.3) is 22.3 Å². The minimum atomic E-state index is -1.12. The molecule has 6 heteroatoms. The van der Waals surface area contributed by atoms with Gasteiger partial charge in [0, 0.05) is 24.4 Å². The molecule has 0 saturated heterocycles. The molecule has 0 fully saturated rings. The first-order valence-corrected chi connectivity index (χ1v) is 9.35. The Balaban J connectivity index is 2.11. The van der Waals surface area contributed by atoms with E-state index in [1.165, 1.54) is 10.8 Å². The van der Waals surface area contributed by atoms with Crippen molar-refractivity contribution in [1.82, 2.24) is 4.57 Å². The van der Waals surface area contributed by atoms with Crippen LogP contribution in [-0.4, -0.2) is 26.5 Å². The van der Waals surface area contributed by atoms with Gasteiger partial charge < -0.3 is 14.2 Å². The average Bonchev–Trinajstić information content (AvgIpc) is 2.98. The highest BCUT2D eigenvalue weighted by atomic mass is 32.2. The monoisotopic (exact) mass is 364 g/mol. The SMILES string of the molecule is Cn1cc(C#N)c(-c2ccc(-c3ccccc3[S+](C)[O-])cc2)c1C(=O)O. The summed E-state index contributed by atoms with van der Waals surface area (Å²) < 4.78 is 13.4. The standard InChI is InChI=1S/C20H16N2O3S/c1-22-12-15(11-21)18(19(22)20(23)24)14-9-7-13(8-10-14)16-5-3-4-6-17(16)26(2)25/h3-10,12H,1-2H3,(H,23,24). The molecule has 1 unspecified atom stereocenters. The lowest BCUT2D eigenvalue weighted by Gasteiger charge is -2.11. The smallest absolute Gasteiger partial charge is 0.353 e. The van der Waals surface area contributed by atoms with E-state index in [1.54, 1.807) is 25.4 Å². The summed E-state index contributed by atoms with van der Waals surface area (Å²) in [6, 6.07) is 16.8. The summed E-state index contributed by atoms with van der Waals surface area (Å²) in [5, 5.41) is 18.8. The first-order chi connectivity index (χ1) is 12.4. The summed E-state index contributed by atoms with van der Waals surface area (Å²) in [6.07, 6.45) is 3.15. The molecule has 0 bridgehead atoms. The third kappa shape index (κ3) is 3.10. The van der Waals surface area contributed by atoms with Gasteiger partial charge in [0.25, 0.3) is 0 Å². The fourth-order valence-electron chi connectivity index (χ4n) is 3.03. The van der Waals surface area contributed by atoms with Gasteiger partial charge in [0.2, 0.25) is 0 Å².